The number of carbonyl (C=O) groups is 1. The van der Waals surface area contributed by atoms with Gasteiger partial charge in [0.1, 0.15) is 0 Å². The van der Waals surface area contributed by atoms with Crippen molar-refractivity contribution in [1.29, 1.82) is 0 Å². The molecule has 0 unspecified atom stereocenters. The first-order valence-electron chi connectivity index (χ1n) is 11.3. The zero-order valence-corrected chi connectivity index (χ0v) is 19.1. The van der Waals surface area contributed by atoms with Crippen molar-refractivity contribution in [3.8, 4) is 0 Å². The van der Waals surface area contributed by atoms with Crippen LogP contribution >= 0.6 is 0 Å². The van der Waals surface area contributed by atoms with Crippen LogP contribution in [0.4, 0.5) is 17.3 Å². The van der Waals surface area contributed by atoms with Crippen LogP contribution in [0, 0.1) is 19.8 Å². The van der Waals surface area contributed by atoms with Crippen molar-refractivity contribution < 1.29 is 4.79 Å². The monoisotopic (exact) mass is 429 g/mol. The number of benzene rings is 2. The number of rotatable bonds is 6. The number of anilines is 3. The summed E-state index contributed by atoms with van der Waals surface area (Å²) in [5.41, 5.74) is 5.21. The second-order valence-electron chi connectivity index (χ2n) is 8.79. The number of amides is 1. The van der Waals surface area contributed by atoms with E-state index in [1.54, 1.807) is 6.07 Å². The third kappa shape index (κ3) is 5.92. The Balaban J connectivity index is 1.36. The summed E-state index contributed by atoms with van der Waals surface area (Å²) in [5.74, 6) is 1.22. The first-order chi connectivity index (χ1) is 15.4. The number of hydrogen-bond acceptors (Lipinski definition) is 5. The Bertz CT molecular complexity index is 1050. The Hall–Kier alpha value is -3.25. The summed E-state index contributed by atoms with van der Waals surface area (Å²) in [6.45, 7) is 9.49. The lowest BCUT2D eigenvalue weighted by atomic mass is 9.99. The highest BCUT2D eigenvalue weighted by atomic mass is 16.1. The van der Waals surface area contributed by atoms with Gasteiger partial charge in [0.2, 0.25) is 5.95 Å². The highest BCUT2D eigenvalue weighted by Crippen LogP contribution is 2.20. The van der Waals surface area contributed by atoms with E-state index in [0.29, 0.717) is 11.5 Å². The number of hydrogen-bond donors (Lipinski definition) is 2. The molecule has 6 nitrogen and oxygen atoms in total. The molecule has 0 aliphatic carbocycles. The summed E-state index contributed by atoms with van der Waals surface area (Å²) in [6.07, 6.45) is 2.55. The molecule has 0 atom stereocenters. The normalized spacial score (nSPS) is 14.8. The zero-order chi connectivity index (χ0) is 22.5. The molecule has 1 aliphatic heterocycles. The Labute approximate surface area is 190 Å². The van der Waals surface area contributed by atoms with Gasteiger partial charge in [-0.25, -0.2) is 9.97 Å². The Morgan fingerprint density at radius 2 is 1.66 bits per heavy atom. The predicted octanol–water partition coefficient (Wildman–Crippen LogP) is 5.32. The van der Waals surface area contributed by atoms with Gasteiger partial charge in [-0.05, 0) is 87.7 Å². The fourth-order valence-electron chi connectivity index (χ4n) is 4.02. The topological polar surface area (TPSA) is 70.2 Å². The molecule has 4 rings (SSSR count). The Morgan fingerprint density at radius 3 is 2.34 bits per heavy atom. The molecule has 166 valence electrons. The van der Waals surface area contributed by atoms with Crippen LogP contribution < -0.4 is 10.6 Å². The average molecular weight is 430 g/mol. The lowest BCUT2D eigenvalue weighted by Crippen LogP contribution is -2.32. The number of aromatic nitrogens is 2. The molecular formula is C26H31N5O. The highest BCUT2D eigenvalue weighted by Gasteiger charge is 2.15. The molecule has 2 aromatic carbocycles. The van der Waals surface area contributed by atoms with Crippen molar-refractivity contribution >= 4 is 23.2 Å². The van der Waals surface area contributed by atoms with Crippen molar-refractivity contribution in [1.82, 2.24) is 14.9 Å². The molecule has 0 spiro atoms. The van der Waals surface area contributed by atoms with E-state index in [9.17, 15) is 4.79 Å². The fourth-order valence-corrected chi connectivity index (χ4v) is 4.02. The Morgan fingerprint density at radius 1 is 0.969 bits per heavy atom. The summed E-state index contributed by atoms with van der Waals surface area (Å²) < 4.78 is 0. The van der Waals surface area contributed by atoms with Gasteiger partial charge in [-0.15, -0.1) is 0 Å². The second-order valence-corrected chi connectivity index (χ2v) is 8.79. The molecule has 1 saturated heterocycles. The predicted molar refractivity (Wildman–Crippen MR) is 129 cm³/mol. The summed E-state index contributed by atoms with van der Waals surface area (Å²) in [7, 11) is 0. The maximum Gasteiger partial charge on any atom is 0.255 e. The van der Waals surface area contributed by atoms with Gasteiger partial charge in [-0.2, -0.15) is 0 Å². The number of nitrogens with one attached hydrogen (secondary N) is 2. The fraction of sp³-hybridized carbons (Fsp3) is 0.346. The van der Waals surface area contributed by atoms with Gasteiger partial charge < -0.3 is 10.6 Å². The number of carbonyl (C=O) groups excluding carboxylic acids is 1. The molecule has 2 N–H and O–H groups in total. The van der Waals surface area contributed by atoms with E-state index in [2.05, 4.69) is 44.6 Å². The SMILES string of the molecule is Cc1cc(C)nc(Nc2cccc(C(=O)Nc3ccc(CN4CCC(C)CC4)cc3)c2)n1. The number of aryl methyl sites for hydroxylation is 2. The minimum Gasteiger partial charge on any atom is -0.324 e. The number of likely N-dealkylation sites (tertiary alicyclic amines) is 1. The molecule has 3 aromatic rings. The van der Waals surface area contributed by atoms with E-state index >= 15 is 0 Å². The van der Waals surface area contributed by atoms with Crippen LogP contribution in [0.3, 0.4) is 0 Å². The van der Waals surface area contributed by atoms with Crippen LogP contribution in [0.2, 0.25) is 0 Å². The molecule has 2 heterocycles. The molecule has 1 amide bonds. The third-order valence-corrected chi connectivity index (χ3v) is 5.86. The van der Waals surface area contributed by atoms with E-state index < -0.39 is 0 Å². The van der Waals surface area contributed by atoms with E-state index in [1.165, 1.54) is 18.4 Å². The molecule has 1 aromatic heterocycles. The molecular weight excluding hydrogens is 398 g/mol. The minimum absolute atomic E-state index is 0.146. The standard InChI is InChI=1S/C26H31N5O/c1-18-11-13-31(14-12-18)17-21-7-9-23(10-8-21)29-25(32)22-5-4-6-24(16-22)30-26-27-19(2)15-20(3)28-26/h4-10,15-16,18H,11-14,17H2,1-3H3,(H,29,32)(H,27,28,30). The first kappa shape index (κ1) is 22.0. The van der Waals surface area contributed by atoms with Crippen LogP contribution in [0.5, 0.6) is 0 Å². The van der Waals surface area contributed by atoms with Gasteiger partial charge in [-0.3, -0.25) is 9.69 Å². The molecule has 1 fully saturated rings. The lowest BCUT2D eigenvalue weighted by Gasteiger charge is -2.30. The van der Waals surface area contributed by atoms with Gasteiger partial charge >= 0.3 is 0 Å². The van der Waals surface area contributed by atoms with Gasteiger partial charge in [0, 0.05) is 34.9 Å². The van der Waals surface area contributed by atoms with Gasteiger partial charge in [0.15, 0.2) is 0 Å². The van der Waals surface area contributed by atoms with Crippen LogP contribution in [0.15, 0.2) is 54.6 Å². The number of nitrogens with zero attached hydrogens (tertiary/aromatic N) is 3. The van der Waals surface area contributed by atoms with E-state index in [4.69, 9.17) is 0 Å². The quantitative estimate of drug-likeness (QED) is 0.555. The van der Waals surface area contributed by atoms with Crippen molar-refractivity contribution in [2.24, 2.45) is 5.92 Å². The van der Waals surface area contributed by atoms with Gasteiger partial charge in [0.05, 0.1) is 0 Å². The number of piperidine rings is 1. The van der Waals surface area contributed by atoms with Crippen LogP contribution in [-0.2, 0) is 6.54 Å². The van der Waals surface area contributed by atoms with Crippen molar-refractivity contribution in [2.45, 2.75) is 40.2 Å². The largest absolute Gasteiger partial charge is 0.324 e. The molecule has 0 radical (unpaired) electrons. The summed E-state index contributed by atoms with van der Waals surface area (Å²) in [5, 5.41) is 6.18. The van der Waals surface area contributed by atoms with Gasteiger partial charge in [-0.1, -0.05) is 25.1 Å². The minimum atomic E-state index is -0.146. The molecule has 0 saturated carbocycles. The van der Waals surface area contributed by atoms with E-state index in [0.717, 1.165) is 48.3 Å². The average Bonchev–Trinajstić information content (AvgIpc) is 2.76. The maximum absolute atomic E-state index is 12.8. The third-order valence-electron chi connectivity index (χ3n) is 5.86. The first-order valence-corrected chi connectivity index (χ1v) is 11.3. The van der Waals surface area contributed by atoms with E-state index in [-0.39, 0.29) is 5.91 Å². The summed E-state index contributed by atoms with van der Waals surface area (Å²) in [4.78, 5) is 24.1. The molecule has 6 heteroatoms. The maximum atomic E-state index is 12.8. The highest BCUT2D eigenvalue weighted by molar-refractivity contribution is 6.04. The molecule has 0 bridgehead atoms. The smallest absolute Gasteiger partial charge is 0.255 e. The van der Waals surface area contributed by atoms with Crippen LogP contribution in [0.1, 0.15) is 47.1 Å². The summed E-state index contributed by atoms with van der Waals surface area (Å²) in [6, 6.07) is 17.4. The lowest BCUT2D eigenvalue weighted by molar-refractivity contribution is 0.102. The second kappa shape index (κ2) is 9.92. The zero-order valence-electron chi connectivity index (χ0n) is 19.1. The van der Waals surface area contributed by atoms with Crippen molar-refractivity contribution in [3.63, 3.8) is 0 Å². The molecule has 1 aliphatic rings. The van der Waals surface area contributed by atoms with Crippen LogP contribution in [0.25, 0.3) is 0 Å². The molecule has 32 heavy (non-hydrogen) atoms. The van der Waals surface area contributed by atoms with Gasteiger partial charge in [0.25, 0.3) is 5.91 Å². The summed E-state index contributed by atoms with van der Waals surface area (Å²) >= 11 is 0. The Kier molecular flexibility index (Phi) is 6.81. The van der Waals surface area contributed by atoms with E-state index in [1.807, 2.05) is 50.2 Å². The van der Waals surface area contributed by atoms with Crippen molar-refractivity contribution in [3.05, 3.63) is 77.1 Å². The van der Waals surface area contributed by atoms with Crippen LogP contribution in [-0.4, -0.2) is 33.9 Å². The van der Waals surface area contributed by atoms with Crippen molar-refractivity contribution in [2.75, 3.05) is 23.7 Å².